The number of nitrogens with zero attached hydrogens (tertiary/aromatic N) is 1. The Labute approximate surface area is 92.9 Å². The number of hydrogen-bond acceptors (Lipinski definition) is 3. The maximum atomic E-state index is 10.2. The number of carbonyl (C=O) groups excluding carboxylic acids is 1. The van der Waals surface area contributed by atoms with E-state index in [1.165, 1.54) is 0 Å². The molecule has 0 unspecified atom stereocenters. The third-order valence-corrected chi connectivity index (χ3v) is 1.95. The number of nitrogens with one attached hydrogen (secondary N) is 1. The number of aromatic nitrogens is 1. The molecule has 1 amide bonds. The number of anilines is 1. The quantitative estimate of drug-likeness (QED) is 0.795. The van der Waals surface area contributed by atoms with Crippen LogP contribution >= 0.6 is 0 Å². The SMILES string of the molecule is O=CNc1ccc(Oc2cccnc2)cc1. The van der Waals surface area contributed by atoms with Crippen molar-refractivity contribution < 1.29 is 9.53 Å². The second-order valence-corrected chi connectivity index (χ2v) is 3.08. The van der Waals surface area contributed by atoms with E-state index in [1.807, 2.05) is 6.07 Å². The van der Waals surface area contributed by atoms with E-state index in [2.05, 4.69) is 10.3 Å². The van der Waals surface area contributed by atoms with Gasteiger partial charge in [-0.2, -0.15) is 0 Å². The molecular weight excluding hydrogens is 204 g/mol. The molecule has 0 fully saturated rings. The molecule has 1 aromatic carbocycles. The van der Waals surface area contributed by atoms with Gasteiger partial charge in [-0.3, -0.25) is 9.78 Å². The van der Waals surface area contributed by atoms with Crippen LogP contribution in [0.25, 0.3) is 0 Å². The smallest absolute Gasteiger partial charge is 0.211 e. The van der Waals surface area contributed by atoms with Gasteiger partial charge in [-0.05, 0) is 36.4 Å². The van der Waals surface area contributed by atoms with Gasteiger partial charge < -0.3 is 10.1 Å². The summed E-state index contributed by atoms with van der Waals surface area (Å²) in [7, 11) is 0. The Hall–Kier alpha value is -2.36. The topological polar surface area (TPSA) is 51.2 Å². The molecule has 0 radical (unpaired) electrons. The summed E-state index contributed by atoms with van der Waals surface area (Å²) in [4.78, 5) is 14.1. The highest BCUT2D eigenvalue weighted by molar-refractivity contribution is 5.71. The molecule has 0 saturated heterocycles. The van der Waals surface area contributed by atoms with Crippen LogP contribution in [0.5, 0.6) is 11.5 Å². The van der Waals surface area contributed by atoms with E-state index in [0.29, 0.717) is 17.9 Å². The first-order valence-electron chi connectivity index (χ1n) is 4.76. The number of ether oxygens (including phenoxy) is 1. The van der Waals surface area contributed by atoms with Crippen molar-refractivity contribution in [1.29, 1.82) is 0 Å². The van der Waals surface area contributed by atoms with E-state index >= 15 is 0 Å². The Morgan fingerprint density at radius 3 is 2.56 bits per heavy atom. The largest absolute Gasteiger partial charge is 0.456 e. The zero-order chi connectivity index (χ0) is 11.2. The first-order chi connectivity index (χ1) is 7.88. The molecule has 0 atom stereocenters. The minimum Gasteiger partial charge on any atom is -0.456 e. The Kier molecular flexibility index (Phi) is 3.13. The normalized spacial score (nSPS) is 9.50. The minimum absolute atomic E-state index is 0.636. The average Bonchev–Trinajstić information content (AvgIpc) is 2.33. The summed E-state index contributed by atoms with van der Waals surface area (Å²) in [5.41, 5.74) is 0.730. The second kappa shape index (κ2) is 4.93. The number of hydrogen-bond donors (Lipinski definition) is 1. The second-order valence-electron chi connectivity index (χ2n) is 3.08. The van der Waals surface area contributed by atoms with Gasteiger partial charge in [0.15, 0.2) is 0 Å². The summed E-state index contributed by atoms with van der Waals surface area (Å²) < 4.78 is 5.53. The third-order valence-electron chi connectivity index (χ3n) is 1.95. The first kappa shape index (κ1) is 10.2. The maximum Gasteiger partial charge on any atom is 0.211 e. The molecule has 0 aliphatic rings. The molecule has 0 spiro atoms. The minimum atomic E-state index is 0.636. The highest BCUT2D eigenvalue weighted by Gasteiger charge is 1.96. The van der Waals surface area contributed by atoms with E-state index in [-0.39, 0.29) is 0 Å². The lowest BCUT2D eigenvalue weighted by Gasteiger charge is -2.05. The van der Waals surface area contributed by atoms with E-state index in [1.54, 1.807) is 42.7 Å². The Morgan fingerprint density at radius 2 is 1.94 bits per heavy atom. The number of benzene rings is 1. The fourth-order valence-corrected chi connectivity index (χ4v) is 1.23. The van der Waals surface area contributed by atoms with Crippen LogP contribution in [0, 0.1) is 0 Å². The van der Waals surface area contributed by atoms with E-state index in [9.17, 15) is 4.79 Å². The molecule has 1 aromatic heterocycles. The lowest BCUT2D eigenvalue weighted by Crippen LogP contribution is -1.93. The van der Waals surface area contributed by atoms with Crippen molar-refractivity contribution in [3.8, 4) is 11.5 Å². The fraction of sp³-hybridized carbons (Fsp3) is 0. The zero-order valence-electron chi connectivity index (χ0n) is 8.46. The van der Waals surface area contributed by atoms with E-state index in [0.717, 1.165) is 5.69 Å². The standard InChI is InChI=1S/C12H10N2O2/c15-9-14-10-3-5-11(6-4-10)16-12-2-1-7-13-8-12/h1-9H,(H,14,15). The van der Waals surface area contributed by atoms with Gasteiger partial charge >= 0.3 is 0 Å². The van der Waals surface area contributed by atoms with Crippen LogP contribution in [-0.4, -0.2) is 11.4 Å². The summed E-state index contributed by atoms with van der Waals surface area (Å²) in [5, 5.41) is 2.55. The monoisotopic (exact) mass is 214 g/mol. The highest BCUT2D eigenvalue weighted by Crippen LogP contribution is 2.21. The van der Waals surface area contributed by atoms with Gasteiger partial charge in [0.1, 0.15) is 11.5 Å². The Morgan fingerprint density at radius 1 is 1.12 bits per heavy atom. The summed E-state index contributed by atoms with van der Waals surface area (Å²) >= 11 is 0. The molecule has 0 saturated carbocycles. The maximum absolute atomic E-state index is 10.2. The molecule has 0 bridgehead atoms. The van der Waals surface area contributed by atoms with Gasteiger partial charge in [-0.15, -0.1) is 0 Å². The Bertz CT molecular complexity index is 454. The molecule has 16 heavy (non-hydrogen) atoms. The van der Waals surface area contributed by atoms with Crippen molar-refractivity contribution >= 4 is 12.1 Å². The fourth-order valence-electron chi connectivity index (χ4n) is 1.23. The van der Waals surface area contributed by atoms with Crippen molar-refractivity contribution in [3.63, 3.8) is 0 Å². The van der Waals surface area contributed by atoms with Crippen molar-refractivity contribution in [3.05, 3.63) is 48.8 Å². The van der Waals surface area contributed by atoms with Crippen molar-refractivity contribution in [1.82, 2.24) is 4.98 Å². The summed E-state index contributed by atoms with van der Waals surface area (Å²) in [6.07, 6.45) is 3.96. The number of carbonyl (C=O) groups is 1. The molecule has 2 aromatic rings. The molecule has 0 aliphatic carbocycles. The van der Waals surface area contributed by atoms with Crippen LogP contribution in [0.3, 0.4) is 0 Å². The first-order valence-corrected chi connectivity index (χ1v) is 4.76. The van der Waals surface area contributed by atoms with Crippen LogP contribution in [0.15, 0.2) is 48.8 Å². The molecule has 2 rings (SSSR count). The van der Waals surface area contributed by atoms with Crippen LogP contribution in [-0.2, 0) is 4.79 Å². The van der Waals surface area contributed by atoms with Crippen LogP contribution in [0.2, 0.25) is 0 Å². The molecule has 4 heteroatoms. The molecule has 0 aliphatic heterocycles. The van der Waals surface area contributed by atoms with Crippen LogP contribution in [0.1, 0.15) is 0 Å². The highest BCUT2D eigenvalue weighted by atomic mass is 16.5. The molecular formula is C12H10N2O2. The van der Waals surface area contributed by atoms with Crippen LogP contribution < -0.4 is 10.1 Å². The number of rotatable bonds is 4. The number of amides is 1. The van der Waals surface area contributed by atoms with Gasteiger partial charge in [0.05, 0.1) is 6.20 Å². The molecule has 1 N–H and O–H groups in total. The predicted molar refractivity (Wildman–Crippen MR) is 60.4 cm³/mol. The number of pyridine rings is 1. The van der Waals surface area contributed by atoms with Crippen molar-refractivity contribution in [2.75, 3.05) is 5.32 Å². The summed E-state index contributed by atoms with van der Waals surface area (Å²) in [6, 6.07) is 10.7. The van der Waals surface area contributed by atoms with Crippen molar-refractivity contribution in [2.45, 2.75) is 0 Å². The van der Waals surface area contributed by atoms with E-state index < -0.39 is 0 Å². The zero-order valence-corrected chi connectivity index (χ0v) is 8.46. The molecule has 1 heterocycles. The van der Waals surface area contributed by atoms with E-state index in [4.69, 9.17) is 4.74 Å². The molecule has 4 nitrogen and oxygen atoms in total. The third kappa shape index (κ3) is 2.57. The predicted octanol–water partition coefficient (Wildman–Crippen LogP) is 2.44. The summed E-state index contributed by atoms with van der Waals surface area (Å²) in [6.45, 7) is 0. The van der Waals surface area contributed by atoms with Crippen molar-refractivity contribution in [2.24, 2.45) is 0 Å². The lowest BCUT2D eigenvalue weighted by molar-refractivity contribution is -0.105. The Balaban J connectivity index is 2.08. The van der Waals surface area contributed by atoms with Crippen LogP contribution in [0.4, 0.5) is 5.69 Å². The van der Waals surface area contributed by atoms with Gasteiger partial charge in [-0.25, -0.2) is 0 Å². The van der Waals surface area contributed by atoms with Gasteiger partial charge in [0, 0.05) is 11.9 Å². The molecule has 80 valence electrons. The van der Waals surface area contributed by atoms with Gasteiger partial charge in [0.25, 0.3) is 0 Å². The van der Waals surface area contributed by atoms with Gasteiger partial charge in [-0.1, -0.05) is 0 Å². The lowest BCUT2D eigenvalue weighted by atomic mass is 10.3. The summed E-state index contributed by atoms with van der Waals surface area (Å²) in [5.74, 6) is 1.38. The van der Waals surface area contributed by atoms with Gasteiger partial charge in [0.2, 0.25) is 6.41 Å². The average molecular weight is 214 g/mol.